The second-order valence-corrected chi connectivity index (χ2v) is 9.88. The smallest absolute Gasteiger partial charge is 0.166 e. The number of halogens is 1. The molecule has 3 atom stereocenters. The molecule has 6 rings (SSSR count). The Kier molecular flexibility index (Phi) is 5.32. The van der Waals surface area contributed by atoms with Gasteiger partial charge < -0.3 is 20.7 Å². The third-order valence-electron chi connectivity index (χ3n) is 7.46. The van der Waals surface area contributed by atoms with Gasteiger partial charge >= 0.3 is 0 Å². The van der Waals surface area contributed by atoms with Crippen LogP contribution in [0.4, 0.5) is 16.0 Å². The fourth-order valence-corrected chi connectivity index (χ4v) is 5.28. The van der Waals surface area contributed by atoms with Crippen molar-refractivity contribution in [2.45, 2.75) is 50.7 Å². The van der Waals surface area contributed by atoms with Crippen LogP contribution in [0, 0.1) is 17.7 Å². The van der Waals surface area contributed by atoms with Crippen LogP contribution < -0.4 is 11.1 Å². The number of rotatable bonds is 7. The number of aromatic nitrogens is 4. The van der Waals surface area contributed by atoms with Crippen molar-refractivity contribution in [2.75, 3.05) is 17.6 Å². The summed E-state index contributed by atoms with van der Waals surface area (Å²) in [5, 5.41) is 15.6. The number of aliphatic hydroxyl groups is 1. The van der Waals surface area contributed by atoms with Gasteiger partial charge in [0.15, 0.2) is 11.6 Å². The molecule has 2 aliphatic carbocycles. The van der Waals surface area contributed by atoms with Gasteiger partial charge in [0.2, 0.25) is 0 Å². The van der Waals surface area contributed by atoms with Gasteiger partial charge in [-0.3, -0.25) is 0 Å². The zero-order valence-electron chi connectivity index (χ0n) is 19.0. The number of aryl methyl sites for hydroxylation is 1. The van der Waals surface area contributed by atoms with E-state index in [1.807, 2.05) is 24.4 Å². The van der Waals surface area contributed by atoms with Gasteiger partial charge in [0.1, 0.15) is 17.8 Å². The lowest BCUT2D eigenvalue weighted by Crippen LogP contribution is -2.13. The Hall–Kier alpha value is -3.26. The molecule has 0 saturated heterocycles. The number of fused-ring (bicyclic) bond motifs is 2. The molecule has 4 N–H and O–H groups in total. The maximum absolute atomic E-state index is 14.4. The minimum absolute atomic E-state index is 0.188. The number of anilines is 2. The molecular formula is C26H29FN6O. The summed E-state index contributed by atoms with van der Waals surface area (Å²) in [7, 11) is 0. The molecule has 7 nitrogen and oxygen atoms in total. The number of hydrogen-bond acceptors (Lipinski definition) is 6. The third kappa shape index (κ3) is 4.07. The summed E-state index contributed by atoms with van der Waals surface area (Å²) in [4.78, 5) is 13.0. The van der Waals surface area contributed by atoms with E-state index in [-0.39, 0.29) is 23.9 Å². The minimum atomic E-state index is -0.354. The number of pyridine rings is 1. The molecule has 0 amide bonds. The highest BCUT2D eigenvalue weighted by molar-refractivity contribution is 5.86. The van der Waals surface area contributed by atoms with Crippen molar-refractivity contribution < 1.29 is 9.50 Å². The lowest BCUT2D eigenvalue weighted by atomic mass is 9.96. The average Bonchev–Trinajstić information content (AvgIpc) is 3.44. The van der Waals surface area contributed by atoms with Gasteiger partial charge in [0.05, 0.1) is 17.0 Å². The van der Waals surface area contributed by atoms with E-state index in [2.05, 4.69) is 30.9 Å². The van der Waals surface area contributed by atoms with Gasteiger partial charge in [-0.15, -0.1) is 0 Å². The van der Waals surface area contributed by atoms with E-state index < -0.39 is 0 Å². The summed E-state index contributed by atoms with van der Waals surface area (Å²) < 4.78 is 16.5. The summed E-state index contributed by atoms with van der Waals surface area (Å²) in [6.45, 7) is 0.783. The van der Waals surface area contributed by atoms with E-state index >= 15 is 0 Å². The van der Waals surface area contributed by atoms with Crippen molar-refractivity contribution in [1.29, 1.82) is 0 Å². The molecule has 2 aliphatic rings. The lowest BCUT2D eigenvalue weighted by Gasteiger charge is -2.15. The quantitative estimate of drug-likeness (QED) is 0.376. The van der Waals surface area contributed by atoms with Crippen molar-refractivity contribution >= 4 is 33.6 Å². The second kappa shape index (κ2) is 8.51. The zero-order valence-corrected chi connectivity index (χ0v) is 19.0. The van der Waals surface area contributed by atoms with E-state index in [0.29, 0.717) is 24.0 Å². The number of hydrogen-bond donors (Lipinski definition) is 3. The Morgan fingerprint density at radius 3 is 2.88 bits per heavy atom. The molecule has 4 aromatic rings. The number of nitrogens with zero attached hydrogens (tertiary/aromatic N) is 4. The molecule has 0 radical (unpaired) electrons. The van der Waals surface area contributed by atoms with E-state index in [1.165, 1.54) is 19.2 Å². The van der Waals surface area contributed by atoms with Crippen molar-refractivity contribution in [3.8, 4) is 0 Å². The van der Waals surface area contributed by atoms with Crippen LogP contribution in [0.1, 0.15) is 43.7 Å². The molecule has 0 spiro atoms. The van der Waals surface area contributed by atoms with Crippen LogP contribution in [0.3, 0.4) is 0 Å². The van der Waals surface area contributed by atoms with Crippen molar-refractivity contribution in [2.24, 2.45) is 11.8 Å². The second-order valence-electron chi connectivity index (χ2n) is 9.88. The molecule has 2 fully saturated rings. The lowest BCUT2D eigenvalue weighted by molar-refractivity contribution is 0.127. The normalized spacial score (nSPS) is 22.6. The van der Waals surface area contributed by atoms with E-state index in [1.54, 1.807) is 6.07 Å². The number of aliphatic hydroxyl groups excluding tert-OH is 1. The third-order valence-corrected chi connectivity index (χ3v) is 7.46. The monoisotopic (exact) mass is 460 g/mol. The van der Waals surface area contributed by atoms with Crippen LogP contribution in [-0.4, -0.2) is 37.3 Å². The molecular weight excluding hydrogens is 431 g/mol. The Morgan fingerprint density at radius 2 is 2.03 bits per heavy atom. The largest absolute Gasteiger partial charge is 0.393 e. The number of nitrogens with one attached hydrogen (secondary N) is 1. The molecule has 1 aromatic carbocycles. The molecule has 3 unspecified atom stereocenters. The highest BCUT2D eigenvalue weighted by Gasteiger charge is 2.34. The predicted octanol–water partition coefficient (Wildman–Crippen LogP) is 4.47. The molecule has 2 saturated carbocycles. The number of nitrogen functional groups attached to an aromatic ring is 1. The molecule has 8 heteroatoms. The summed E-state index contributed by atoms with van der Waals surface area (Å²) >= 11 is 0. The first-order chi connectivity index (χ1) is 16.5. The average molecular weight is 461 g/mol. The summed E-state index contributed by atoms with van der Waals surface area (Å²) in [5.41, 5.74) is 8.76. The molecule has 0 aliphatic heterocycles. The van der Waals surface area contributed by atoms with Gasteiger partial charge in [-0.1, -0.05) is 12.1 Å². The minimum Gasteiger partial charge on any atom is -0.393 e. The molecule has 0 bridgehead atoms. The van der Waals surface area contributed by atoms with Gasteiger partial charge in [-0.25, -0.2) is 19.3 Å². The Morgan fingerprint density at radius 1 is 1.15 bits per heavy atom. The van der Waals surface area contributed by atoms with Crippen LogP contribution in [0.25, 0.3) is 21.9 Å². The number of benzene rings is 1. The number of nitrogens with two attached hydrogens (primary N) is 1. The first-order valence-electron chi connectivity index (χ1n) is 12.1. The summed E-state index contributed by atoms with van der Waals surface area (Å²) in [6.07, 6.45) is 8.87. The predicted molar refractivity (Wildman–Crippen MR) is 131 cm³/mol. The van der Waals surface area contributed by atoms with Crippen molar-refractivity contribution in [1.82, 2.24) is 19.5 Å². The first-order valence-corrected chi connectivity index (χ1v) is 12.1. The molecule has 176 valence electrons. The van der Waals surface area contributed by atoms with Gasteiger partial charge in [-0.2, -0.15) is 0 Å². The fourth-order valence-electron chi connectivity index (χ4n) is 5.28. The maximum atomic E-state index is 14.4. The van der Waals surface area contributed by atoms with E-state index in [0.717, 1.165) is 53.3 Å². The van der Waals surface area contributed by atoms with Crippen LogP contribution in [0.15, 0.2) is 42.9 Å². The zero-order chi connectivity index (χ0) is 23.2. The highest BCUT2D eigenvalue weighted by Crippen LogP contribution is 2.39. The van der Waals surface area contributed by atoms with E-state index in [4.69, 9.17) is 5.73 Å². The van der Waals surface area contributed by atoms with E-state index in [9.17, 15) is 9.50 Å². The van der Waals surface area contributed by atoms with Gasteiger partial charge in [0, 0.05) is 24.2 Å². The standard InChI is InChI=1S/C26H29FN6O/c27-21-11-17-5-3-15(9-22(17)32-25(21)29-13-16-1-2-16)4-6-18-10-19(12-23(18)34)33-8-7-20-24(28)30-14-31-26(20)33/h3,5,7-9,11,14,16,18-19,23,34H,1-2,4,6,10,12-13H2,(H,29,32)(H2,28,30,31). The summed E-state index contributed by atoms with van der Waals surface area (Å²) in [6, 6.07) is 9.73. The molecule has 34 heavy (non-hydrogen) atoms. The van der Waals surface area contributed by atoms with Gasteiger partial charge in [-0.05, 0) is 74.1 Å². The van der Waals surface area contributed by atoms with Crippen LogP contribution in [0.5, 0.6) is 0 Å². The fraction of sp³-hybridized carbons (Fsp3) is 0.423. The molecule has 3 aromatic heterocycles. The van der Waals surface area contributed by atoms with Crippen LogP contribution >= 0.6 is 0 Å². The Balaban J connectivity index is 1.14. The highest BCUT2D eigenvalue weighted by atomic mass is 19.1. The van der Waals surface area contributed by atoms with Crippen LogP contribution in [-0.2, 0) is 6.42 Å². The topological polar surface area (TPSA) is 102 Å². The Bertz CT molecular complexity index is 1350. The first kappa shape index (κ1) is 21.3. The van der Waals surface area contributed by atoms with Crippen LogP contribution in [0.2, 0.25) is 0 Å². The van der Waals surface area contributed by atoms with Crippen molar-refractivity contribution in [3.05, 3.63) is 54.2 Å². The van der Waals surface area contributed by atoms with Crippen molar-refractivity contribution in [3.63, 3.8) is 0 Å². The Labute approximate surface area is 197 Å². The molecule has 3 heterocycles. The maximum Gasteiger partial charge on any atom is 0.166 e. The van der Waals surface area contributed by atoms with Gasteiger partial charge in [0.25, 0.3) is 0 Å². The SMILES string of the molecule is Nc1ncnc2c1ccn2C1CC(O)C(CCc2ccc3cc(F)c(NCC4CC4)nc3c2)C1. The summed E-state index contributed by atoms with van der Waals surface area (Å²) in [5.74, 6) is 1.38.